The van der Waals surface area contributed by atoms with E-state index in [2.05, 4.69) is 13.8 Å². The van der Waals surface area contributed by atoms with Gasteiger partial charge in [0.05, 0.1) is 0 Å². The van der Waals surface area contributed by atoms with E-state index in [4.69, 9.17) is 0 Å². The molecule has 1 aliphatic heterocycles. The molecule has 0 aromatic carbocycles. The lowest BCUT2D eigenvalue weighted by atomic mass is 10.0. The van der Waals surface area contributed by atoms with Crippen LogP contribution in [0.5, 0.6) is 0 Å². The molecule has 0 amide bonds. The van der Waals surface area contributed by atoms with Crippen molar-refractivity contribution in [3.8, 4) is 0 Å². The fraction of sp³-hybridized carbons (Fsp3) is 1.00. The molecule has 0 spiro atoms. The van der Waals surface area contributed by atoms with E-state index in [0.29, 0.717) is 0 Å². The van der Waals surface area contributed by atoms with Gasteiger partial charge in [0.25, 0.3) is 0 Å². The van der Waals surface area contributed by atoms with Crippen molar-refractivity contribution < 1.29 is 5.11 Å². The van der Waals surface area contributed by atoms with Gasteiger partial charge in [0.15, 0.2) is 0 Å². The van der Waals surface area contributed by atoms with Crippen LogP contribution in [0, 0.1) is 0 Å². The van der Waals surface area contributed by atoms with Gasteiger partial charge in [-0.05, 0) is 33.7 Å². The molecule has 54 valence electrons. The number of rotatable bonds is 0. The molecule has 1 heterocycles. The summed E-state index contributed by atoms with van der Waals surface area (Å²) in [5.41, 5.74) is 0.208. The molecule has 0 radical (unpaired) electrons. The van der Waals surface area contributed by atoms with E-state index in [9.17, 15) is 5.11 Å². The largest absolute Gasteiger partial charge is 0.378 e. The standard InChI is InChI=1S/C7H15NO/c1-7(2)5-4-6(9)8(7)3/h6,9H,4-5H2,1-3H3. The van der Waals surface area contributed by atoms with E-state index in [1.807, 2.05) is 11.9 Å². The Bertz CT molecular complexity index is 111. The molecular formula is C7H15NO. The second-order valence-corrected chi connectivity index (χ2v) is 3.44. The zero-order valence-corrected chi connectivity index (χ0v) is 6.39. The van der Waals surface area contributed by atoms with Gasteiger partial charge in [0.1, 0.15) is 6.23 Å². The second kappa shape index (κ2) is 1.96. The number of hydrogen-bond acceptors (Lipinski definition) is 2. The minimum atomic E-state index is -0.208. The third-order valence-corrected chi connectivity index (χ3v) is 2.42. The van der Waals surface area contributed by atoms with Crippen LogP contribution in [0.25, 0.3) is 0 Å². The van der Waals surface area contributed by atoms with Crippen LogP contribution < -0.4 is 0 Å². The number of aliphatic hydroxyl groups is 1. The van der Waals surface area contributed by atoms with Crippen LogP contribution in [0.15, 0.2) is 0 Å². The molecule has 0 saturated carbocycles. The van der Waals surface area contributed by atoms with Crippen LogP contribution in [0.2, 0.25) is 0 Å². The highest BCUT2D eigenvalue weighted by Crippen LogP contribution is 2.29. The first kappa shape index (κ1) is 7.03. The van der Waals surface area contributed by atoms with Crippen molar-refractivity contribution in [1.29, 1.82) is 0 Å². The molecule has 1 aliphatic rings. The van der Waals surface area contributed by atoms with Crippen molar-refractivity contribution >= 4 is 0 Å². The van der Waals surface area contributed by atoms with Gasteiger partial charge >= 0.3 is 0 Å². The van der Waals surface area contributed by atoms with Crippen LogP contribution >= 0.6 is 0 Å². The highest BCUT2D eigenvalue weighted by molar-refractivity contribution is 4.87. The van der Waals surface area contributed by atoms with Crippen LogP contribution in [0.1, 0.15) is 26.7 Å². The summed E-state index contributed by atoms with van der Waals surface area (Å²) in [5, 5.41) is 9.26. The minimum absolute atomic E-state index is 0.208. The Kier molecular flexibility index (Phi) is 1.53. The van der Waals surface area contributed by atoms with Crippen molar-refractivity contribution in [2.24, 2.45) is 0 Å². The van der Waals surface area contributed by atoms with Crippen LogP contribution in [0.3, 0.4) is 0 Å². The lowest BCUT2D eigenvalue weighted by Gasteiger charge is -2.29. The van der Waals surface area contributed by atoms with E-state index in [1.165, 1.54) is 0 Å². The zero-order valence-electron chi connectivity index (χ0n) is 6.39. The first-order chi connectivity index (χ1) is 4.04. The lowest BCUT2D eigenvalue weighted by Crippen LogP contribution is -2.39. The number of nitrogens with zero attached hydrogens (tertiary/aromatic N) is 1. The Morgan fingerprint density at radius 3 is 2.22 bits per heavy atom. The maximum Gasteiger partial charge on any atom is 0.107 e. The summed E-state index contributed by atoms with van der Waals surface area (Å²) < 4.78 is 0. The molecule has 1 saturated heterocycles. The normalized spacial score (nSPS) is 35.3. The number of hydrogen-bond donors (Lipinski definition) is 1. The zero-order chi connectivity index (χ0) is 7.07. The van der Waals surface area contributed by atoms with Crippen molar-refractivity contribution in [3.63, 3.8) is 0 Å². The smallest absolute Gasteiger partial charge is 0.107 e. The third kappa shape index (κ3) is 1.10. The Balaban J connectivity index is 2.62. The summed E-state index contributed by atoms with van der Waals surface area (Å²) in [7, 11) is 1.97. The van der Waals surface area contributed by atoms with Crippen molar-refractivity contribution in [2.45, 2.75) is 38.5 Å². The average Bonchev–Trinajstić information content (AvgIpc) is 1.97. The second-order valence-electron chi connectivity index (χ2n) is 3.44. The topological polar surface area (TPSA) is 23.5 Å². The van der Waals surface area contributed by atoms with Crippen LogP contribution in [-0.2, 0) is 0 Å². The fourth-order valence-corrected chi connectivity index (χ4v) is 1.26. The predicted octanol–water partition coefficient (Wildman–Crippen LogP) is 0.809. The molecule has 1 atom stereocenters. The minimum Gasteiger partial charge on any atom is -0.378 e. The van der Waals surface area contributed by atoms with Gasteiger partial charge in [0, 0.05) is 5.54 Å². The Morgan fingerprint density at radius 1 is 1.56 bits per heavy atom. The number of likely N-dealkylation sites (tertiary alicyclic amines) is 1. The third-order valence-electron chi connectivity index (χ3n) is 2.42. The lowest BCUT2D eigenvalue weighted by molar-refractivity contribution is 0.0140. The SMILES string of the molecule is CN1C(O)CCC1(C)C. The Morgan fingerprint density at radius 2 is 2.11 bits per heavy atom. The molecule has 0 aromatic heterocycles. The van der Waals surface area contributed by atoms with Gasteiger partial charge in [-0.1, -0.05) is 0 Å². The van der Waals surface area contributed by atoms with Crippen LogP contribution in [-0.4, -0.2) is 28.8 Å². The number of aliphatic hydroxyl groups excluding tert-OH is 1. The molecule has 1 rings (SSSR count). The maximum absolute atomic E-state index is 9.26. The first-order valence-electron chi connectivity index (χ1n) is 3.45. The average molecular weight is 129 g/mol. The fourth-order valence-electron chi connectivity index (χ4n) is 1.26. The highest BCUT2D eigenvalue weighted by atomic mass is 16.3. The molecule has 0 aromatic rings. The van der Waals surface area contributed by atoms with E-state index in [0.717, 1.165) is 12.8 Å². The predicted molar refractivity (Wildman–Crippen MR) is 37.1 cm³/mol. The summed E-state index contributed by atoms with van der Waals surface area (Å²) in [6, 6.07) is 0. The molecule has 1 N–H and O–H groups in total. The molecular weight excluding hydrogens is 114 g/mol. The molecule has 9 heavy (non-hydrogen) atoms. The van der Waals surface area contributed by atoms with Gasteiger partial charge in [-0.25, -0.2) is 0 Å². The van der Waals surface area contributed by atoms with E-state index in [1.54, 1.807) is 0 Å². The van der Waals surface area contributed by atoms with Crippen LogP contribution in [0.4, 0.5) is 0 Å². The molecule has 0 aliphatic carbocycles. The molecule has 1 unspecified atom stereocenters. The van der Waals surface area contributed by atoms with E-state index < -0.39 is 0 Å². The summed E-state index contributed by atoms with van der Waals surface area (Å²) >= 11 is 0. The summed E-state index contributed by atoms with van der Waals surface area (Å²) in [6.45, 7) is 4.31. The Hall–Kier alpha value is -0.0800. The van der Waals surface area contributed by atoms with E-state index >= 15 is 0 Å². The highest BCUT2D eigenvalue weighted by Gasteiger charge is 2.34. The van der Waals surface area contributed by atoms with Gasteiger partial charge < -0.3 is 5.11 Å². The van der Waals surface area contributed by atoms with Gasteiger partial charge in [0.2, 0.25) is 0 Å². The van der Waals surface area contributed by atoms with E-state index in [-0.39, 0.29) is 11.8 Å². The van der Waals surface area contributed by atoms with Gasteiger partial charge in [-0.3, -0.25) is 4.90 Å². The molecule has 0 bridgehead atoms. The Labute approximate surface area is 56.5 Å². The van der Waals surface area contributed by atoms with Gasteiger partial charge in [-0.2, -0.15) is 0 Å². The maximum atomic E-state index is 9.26. The molecule has 2 heteroatoms. The van der Waals surface area contributed by atoms with Crippen molar-refractivity contribution in [1.82, 2.24) is 4.90 Å². The van der Waals surface area contributed by atoms with Crippen molar-refractivity contribution in [3.05, 3.63) is 0 Å². The monoisotopic (exact) mass is 129 g/mol. The summed E-state index contributed by atoms with van der Waals surface area (Å²) in [5.74, 6) is 0. The summed E-state index contributed by atoms with van der Waals surface area (Å²) in [6.07, 6.45) is 1.81. The summed E-state index contributed by atoms with van der Waals surface area (Å²) in [4.78, 5) is 2.02. The molecule has 2 nitrogen and oxygen atoms in total. The molecule has 1 fully saturated rings. The first-order valence-corrected chi connectivity index (χ1v) is 3.45. The quantitative estimate of drug-likeness (QED) is 0.523. The van der Waals surface area contributed by atoms with Crippen molar-refractivity contribution in [2.75, 3.05) is 7.05 Å². The van der Waals surface area contributed by atoms with Gasteiger partial charge in [-0.15, -0.1) is 0 Å².